The van der Waals surface area contributed by atoms with E-state index in [-0.39, 0.29) is 34.9 Å². The third-order valence-corrected chi connectivity index (χ3v) is 4.01. The zero-order chi connectivity index (χ0) is 21.0. The molecular weight excluding hydrogens is 389 g/mol. The summed E-state index contributed by atoms with van der Waals surface area (Å²) in [6.07, 6.45) is -1.18. The van der Waals surface area contributed by atoms with Gasteiger partial charge in [0.2, 0.25) is 5.88 Å². The first-order valence-electron chi connectivity index (χ1n) is 8.43. The van der Waals surface area contributed by atoms with Crippen LogP contribution in [0.25, 0.3) is 21.9 Å². The summed E-state index contributed by atoms with van der Waals surface area (Å²) in [6, 6.07) is 11.3. The van der Waals surface area contributed by atoms with Gasteiger partial charge in [0.15, 0.2) is 5.69 Å². The molecule has 0 fully saturated rings. The molecule has 3 rings (SSSR count). The Labute approximate surface area is 163 Å². The Morgan fingerprint density at radius 2 is 1.93 bits per heavy atom. The Bertz CT molecular complexity index is 1070. The van der Waals surface area contributed by atoms with E-state index in [1.165, 1.54) is 36.4 Å². The molecule has 0 bridgehead atoms. The molecule has 9 heteroatoms. The fourth-order valence-electron chi connectivity index (χ4n) is 2.79. The summed E-state index contributed by atoms with van der Waals surface area (Å²) >= 11 is 0. The second kappa shape index (κ2) is 8.77. The van der Waals surface area contributed by atoms with Gasteiger partial charge in [0.05, 0.1) is 6.61 Å². The number of benzene rings is 2. The molecule has 1 aromatic heterocycles. The van der Waals surface area contributed by atoms with E-state index in [2.05, 4.69) is 9.72 Å². The molecule has 1 heterocycles. The van der Waals surface area contributed by atoms with Gasteiger partial charge >= 0.3 is 6.61 Å². The number of hydrogen-bond acceptors (Lipinski definition) is 6. The van der Waals surface area contributed by atoms with Crippen molar-refractivity contribution in [2.24, 2.45) is 0 Å². The van der Waals surface area contributed by atoms with Crippen LogP contribution in [-0.4, -0.2) is 41.1 Å². The lowest BCUT2D eigenvalue weighted by atomic mass is 9.97. The van der Waals surface area contributed by atoms with Crippen LogP contribution in [-0.2, 0) is 0 Å². The number of rotatable bonds is 7. The number of alkyl halides is 2. The molecule has 150 valence electrons. The van der Waals surface area contributed by atoms with Gasteiger partial charge in [-0.2, -0.15) is 14.0 Å². The largest absolute Gasteiger partial charge is 0.474 e. The van der Waals surface area contributed by atoms with Gasteiger partial charge in [0, 0.05) is 16.3 Å². The number of pyridine rings is 1. The van der Waals surface area contributed by atoms with Gasteiger partial charge in [-0.25, -0.2) is 9.37 Å². The number of aliphatic hydroxyl groups excluding tert-OH is 2. The van der Waals surface area contributed by atoms with Crippen molar-refractivity contribution in [3.05, 3.63) is 54.0 Å². The van der Waals surface area contributed by atoms with Crippen LogP contribution in [0.15, 0.2) is 42.5 Å². The zero-order valence-electron chi connectivity index (χ0n) is 14.8. The molecule has 0 aliphatic rings. The molecule has 1 atom stereocenters. The maximum atomic E-state index is 13.8. The second-order valence-electron chi connectivity index (χ2n) is 6.00. The Hall–Kier alpha value is -3.35. The molecule has 2 aromatic carbocycles. The number of ether oxygens (including phenoxy) is 2. The van der Waals surface area contributed by atoms with Crippen LogP contribution in [0.3, 0.4) is 0 Å². The van der Waals surface area contributed by atoms with E-state index in [9.17, 15) is 23.5 Å². The fraction of sp³-hybridized carbons (Fsp3) is 0.200. The van der Waals surface area contributed by atoms with Crippen LogP contribution in [0.2, 0.25) is 0 Å². The van der Waals surface area contributed by atoms with Crippen LogP contribution in [0.4, 0.5) is 13.2 Å². The van der Waals surface area contributed by atoms with Crippen molar-refractivity contribution in [1.29, 1.82) is 5.26 Å². The van der Waals surface area contributed by atoms with Crippen molar-refractivity contribution >= 4 is 10.8 Å². The number of aliphatic hydroxyl groups is 2. The first kappa shape index (κ1) is 20.4. The lowest BCUT2D eigenvalue weighted by molar-refractivity contribution is -0.0497. The minimum atomic E-state index is -3.06. The van der Waals surface area contributed by atoms with E-state index in [1.54, 1.807) is 6.07 Å². The van der Waals surface area contributed by atoms with Crippen molar-refractivity contribution in [2.45, 2.75) is 12.7 Å². The third-order valence-electron chi connectivity index (χ3n) is 4.01. The number of nitrogens with zero attached hydrogens (tertiary/aromatic N) is 2. The van der Waals surface area contributed by atoms with Gasteiger partial charge in [-0.1, -0.05) is 12.1 Å². The molecule has 0 aliphatic carbocycles. The predicted molar refractivity (Wildman–Crippen MR) is 97.1 cm³/mol. The highest BCUT2D eigenvalue weighted by atomic mass is 19.3. The average molecular weight is 404 g/mol. The molecule has 29 heavy (non-hydrogen) atoms. The summed E-state index contributed by atoms with van der Waals surface area (Å²) < 4.78 is 48.9. The van der Waals surface area contributed by atoms with Crippen molar-refractivity contribution in [3.8, 4) is 28.8 Å². The maximum absolute atomic E-state index is 13.8. The minimum Gasteiger partial charge on any atom is -0.474 e. The molecule has 3 aromatic rings. The summed E-state index contributed by atoms with van der Waals surface area (Å²) in [7, 11) is 0. The molecule has 0 radical (unpaired) electrons. The standard InChI is InChI=1S/C20H15F3N2O4/c21-12-3-1-2-11(6-12)18-16-7-14(29-20(22)23)4-5-15(16)19(25-17(18)8-24)28-10-13(27)9-26/h1-7,13,20,26-27H,9-10H2. The smallest absolute Gasteiger partial charge is 0.387 e. The summed E-state index contributed by atoms with van der Waals surface area (Å²) in [4.78, 5) is 4.13. The molecule has 0 saturated carbocycles. The fourth-order valence-corrected chi connectivity index (χ4v) is 2.79. The van der Waals surface area contributed by atoms with Crippen LogP contribution >= 0.6 is 0 Å². The van der Waals surface area contributed by atoms with E-state index in [1.807, 2.05) is 6.07 Å². The summed E-state index contributed by atoms with van der Waals surface area (Å²) in [5, 5.41) is 28.6. The zero-order valence-corrected chi connectivity index (χ0v) is 14.8. The van der Waals surface area contributed by atoms with Gasteiger partial charge in [0.1, 0.15) is 30.3 Å². The normalized spacial score (nSPS) is 12.0. The maximum Gasteiger partial charge on any atom is 0.387 e. The molecule has 0 aliphatic heterocycles. The molecule has 0 spiro atoms. The van der Waals surface area contributed by atoms with E-state index < -0.39 is 25.1 Å². The van der Waals surface area contributed by atoms with Gasteiger partial charge in [0.25, 0.3) is 0 Å². The van der Waals surface area contributed by atoms with Gasteiger partial charge < -0.3 is 19.7 Å². The lowest BCUT2D eigenvalue weighted by Crippen LogP contribution is -2.21. The number of nitriles is 1. The molecule has 0 amide bonds. The van der Waals surface area contributed by atoms with Crippen LogP contribution in [0.5, 0.6) is 11.6 Å². The monoisotopic (exact) mass is 404 g/mol. The molecule has 0 saturated heterocycles. The van der Waals surface area contributed by atoms with E-state index >= 15 is 0 Å². The molecule has 6 nitrogen and oxygen atoms in total. The van der Waals surface area contributed by atoms with E-state index in [4.69, 9.17) is 9.84 Å². The number of halogens is 3. The first-order valence-corrected chi connectivity index (χ1v) is 8.43. The Kier molecular flexibility index (Phi) is 6.16. The van der Waals surface area contributed by atoms with Crippen LogP contribution < -0.4 is 9.47 Å². The number of fused-ring (bicyclic) bond motifs is 1. The molecule has 1 unspecified atom stereocenters. The Morgan fingerprint density at radius 3 is 2.59 bits per heavy atom. The minimum absolute atomic E-state index is 0.0483. The van der Waals surface area contributed by atoms with Crippen molar-refractivity contribution in [1.82, 2.24) is 4.98 Å². The lowest BCUT2D eigenvalue weighted by Gasteiger charge is -2.16. The summed E-state index contributed by atoms with van der Waals surface area (Å²) in [6.45, 7) is -3.91. The van der Waals surface area contributed by atoms with E-state index in [0.29, 0.717) is 10.9 Å². The second-order valence-corrected chi connectivity index (χ2v) is 6.00. The molecular formula is C20H15F3N2O4. The van der Waals surface area contributed by atoms with Gasteiger partial charge in [-0.05, 0) is 35.9 Å². The summed E-state index contributed by atoms with van der Waals surface area (Å²) in [5.41, 5.74) is 0.401. The quantitative estimate of drug-likeness (QED) is 0.628. The number of hydrogen-bond donors (Lipinski definition) is 2. The highest BCUT2D eigenvalue weighted by Gasteiger charge is 2.19. The highest BCUT2D eigenvalue weighted by Crippen LogP contribution is 2.38. The highest BCUT2D eigenvalue weighted by molar-refractivity contribution is 6.01. The summed E-state index contributed by atoms with van der Waals surface area (Å²) in [5.74, 6) is -0.764. The topological polar surface area (TPSA) is 95.6 Å². The molecule has 2 N–H and O–H groups in total. The Morgan fingerprint density at radius 1 is 1.14 bits per heavy atom. The third kappa shape index (κ3) is 4.56. The van der Waals surface area contributed by atoms with Gasteiger partial charge in [-0.3, -0.25) is 0 Å². The van der Waals surface area contributed by atoms with Crippen molar-refractivity contribution < 1.29 is 32.9 Å². The van der Waals surface area contributed by atoms with Crippen molar-refractivity contribution in [3.63, 3.8) is 0 Å². The first-order chi connectivity index (χ1) is 13.9. The van der Waals surface area contributed by atoms with Crippen molar-refractivity contribution in [2.75, 3.05) is 13.2 Å². The Balaban J connectivity index is 2.25. The van der Waals surface area contributed by atoms with Gasteiger partial charge in [-0.15, -0.1) is 0 Å². The van der Waals surface area contributed by atoms with Crippen LogP contribution in [0.1, 0.15) is 5.69 Å². The predicted octanol–water partition coefficient (Wildman–Crippen LogP) is 3.25. The van der Waals surface area contributed by atoms with E-state index in [0.717, 1.165) is 0 Å². The van der Waals surface area contributed by atoms with Crippen LogP contribution in [0, 0.1) is 17.1 Å². The average Bonchev–Trinajstić information content (AvgIpc) is 2.70. The number of aromatic nitrogens is 1. The SMILES string of the molecule is N#Cc1nc(OCC(O)CO)c2ccc(OC(F)F)cc2c1-c1cccc(F)c1.